The molecule has 24 heavy (non-hydrogen) atoms. The number of nitrogens with one attached hydrogen (secondary N) is 1. The SMILES string of the molecule is COc1ccc(C(=O)Nc2cccc(S(=O)(=O)N(C)C)c2)cc1Br. The molecule has 0 fully saturated rings. The fourth-order valence-electron chi connectivity index (χ4n) is 1.96. The Balaban J connectivity index is 2.25. The van der Waals surface area contributed by atoms with E-state index < -0.39 is 10.0 Å². The van der Waals surface area contributed by atoms with Crippen LogP contribution < -0.4 is 10.1 Å². The van der Waals surface area contributed by atoms with Crippen molar-refractivity contribution in [3.63, 3.8) is 0 Å². The predicted octanol–water partition coefficient (Wildman–Crippen LogP) is 2.96. The summed E-state index contributed by atoms with van der Waals surface area (Å²) in [5.41, 5.74) is 0.818. The van der Waals surface area contributed by atoms with Gasteiger partial charge in [0.2, 0.25) is 10.0 Å². The first-order valence-corrected chi connectivity index (χ1v) is 9.16. The van der Waals surface area contributed by atoms with Crippen molar-refractivity contribution in [1.29, 1.82) is 0 Å². The first-order chi connectivity index (χ1) is 11.3. The van der Waals surface area contributed by atoms with E-state index in [9.17, 15) is 13.2 Å². The van der Waals surface area contributed by atoms with Crippen LogP contribution in [0.4, 0.5) is 5.69 Å². The average molecular weight is 413 g/mol. The normalized spacial score (nSPS) is 11.4. The molecule has 0 saturated heterocycles. The minimum Gasteiger partial charge on any atom is -0.496 e. The molecule has 0 radical (unpaired) electrons. The summed E-state index contributed by atoms with van der Waals surface area (Å²) in [6.45, 7) is 0. The summed E-state index contributed by atoms with van der Waals surface area (Å²) < 4.78 is 31.2. The Bertz CT molecular complexity index is 866. The van der Waals surface area contributed by atoms with Crippen molar-refractivity contribution in [1.82, 2.24) is 4.31 Å². The molecular formula is C16H17BrN2O4S. The molecular weight excluding hydrogens is 396 g/mol. The molecule has 1 amide bonds. The highest BCUT2D eigenvalue weighted by Crippen LogP contribution is 2.26. The largest absolute Gasteiger partial charge is 0.496 e. The molecule has 2 aromatic rings. The van der Waals surface area contributed by atoms with Crippen LogP contribution in [-0.4, -0.2) is 39.8 Å². The Hall–Kier alpha value is -1.90. The van der Waals surface area contributed by atoms with Gasteiger partial charge in [0.15, 0.2) is 0 Å². The van der Waals surface area contributed by atoms with Gasteiger partial charge in [-0.05, 0) is 52.3 Å². The molecule has 0 bridgehead atoms. The molecule has 2 rings (SSSR count). The van der Waals surface area contributed by atoms with Crippen LogP contribution in [0.25, 0.3) is 0 Å². The van der Waals surface area contributed by atoms with Crippen molar-refractivity contribution in [2.24, 2.45) is 0 Å². The van der Waals surface area contributed by atoms with Crippen LogP contribution in [0.5, 0.6) is 5.75 Å². The van der Waals surface area contributed by atoms with Gasteiger partial charge in [-0.1, -0.05) is 6.07 Å². The lowest BCUT2D eigenvalue weighted by molar-refractivity contribution is 0.102. The van der Waals surface area contributed by atoms with E-state index in [-0.39, 0.29) is 10.8 Å². The van der Waals surface area contributed by atoms with Crippen molar-refractivity contribution >= 4 is 37.5 Å². The third-order valence-corrected chi connectivity index (χ3v) is 5.72. The lowest BCUT2D eigenvalue weighted by Gasteiger charge is -2.13. The second kappa shape index (κ2) is 7.33. The van der Waals surface area contributed by atoms with Gasteiger partial charge < -0.3 is 10.1 Å². The zero-order valence-corrected chi connectivity index (χ0v) is 15.8. The van der Waals surface area contributed by atoms with Gasteiger partial charge in [-0.25, -0.2) is 12.7 Å². The first kappa shape index (κ1) is 18.4. The zero-order valence-electron chi connectivity index (χ0n) is 13.4. The van der Waals surface area contributed by atoms with E-state index in [4.69, 9.17) is 4.74 Å². The van der Waals surface area contributed by atoms with E-state index in [2.05, 4.69) is 21.2 Å². The number of benzene rings is 2. The first-order valence-electron chi connectivity index (χ1n) is 6.93. The summed E-state index contributed by atoms with van der Waals surface area (Å²) in [4.78, 5) is 12.4. The highest BCUT2D eigenvalue weighted by molar-refractivity contribution is 9.10. The summed E-state index contributed by atoms with van der Waals surface area (Å²) >= 11 is 3.32. The number of carbonyl (C=O) groups is 1. The Kier molecular flexibility index (Phi) is 5.63. The van der Waals surface area contributed by atoms with Gasteiger partial charge in [-0.15, -0.1) is 0 Å². The molecule has 0 aliphatic heterocycles. The van der Waals surface area contributed by atoms with Crippen molar-refractivity contribution in [2.45, 2.75) is 4.90 Å². The summed E-state index contributed by atoms with van der Waals surface area (Å²) in [5, 5.41) is 2.69. The Morgan fingerprint density at radius 2 is 1.88 bits per heavy atom. The minimum atomic E-state index is -3.56. The second-order valence-corrected chi connectivity index (χ2v) is 8.12. The number of rotatable bonds is 5. The zero-order chi connectivity index (χ0) is 17.9. The number of hydrogen-bond donors (Lipinski definition) is 1. The molecule has 128 valence electrons. The van der Waals surface area contributed by atoms with Crippen LogP contribution in [0.1, 0.15) is 10.4 Å². The molecule has 8 heteroatoms. The lowest BCUT2D eigenvalue weighted by atomic mass is 10.2. The van der Waals surface area contributed by atoms with E-state index in [1.165, 1.54) is 33.3 Å². The van der Waals surface area contributed by atoms with E-state index in [0.717, 1.165) is 4.31 Å². The predicted molar refractivity (Wildman–Crippen MR) is 96.0 cm³/mol. The smallest absolute Gasteiger partial charge is 0.255 e. The number of nitrogens with zero attached hydrogens (tertiary/aromatic N) is 1. The van der Waals surface area contributed by atoms with Crippen LogP contribution in [0.3, 0.4) is 0 Å². The van der Waals surface area contributed by atoms with Crippen molar-refractivity contribution < 1.29 is 17.9 Å². The number of anilines is 1. The quantitative estimate of drug-likeness (QED) is 0.818. The Morgan fingerprint density at radius 3 is 2.46 bits per heavy atom. The fraction of sp³-hybridized carbons (Fsp3) is 0.188. The van der Waals surface area contributed by atoms with Gasteiger partial charge in [-0.2, -0.15) is 0 Å². The third-order valence-electron chi connectivity index (χ3n) is 3.28. The number of hydrogen-bond acceptors (Lipinski definition) is 4. The van der Waals surface area contributed by atoms with Gasteiger partial charge in [0, 0.05) is 25.3 Å². The number of halogens is 1. The molecule has 0 spiro atoms. The molecule has 0 aliphatic rings. The third kappa shape index (κ3) is 3.95. The second-order valence-electron chi connectivity index (χ2n) is 5.12. The van der Waals surface area contributed by atoms with E-state index in [1.54, 1.807) is 30.3 Å². The molecule has 0 aliphatic carbocycles. The fourth-order valence-corrected chi connectivity index (χ4v) is 3.44. The van der Waals surface area contributed by atoms with Gasteiger partial charge in [0.25, 0.3) is 5.91 Å². The summed E-state index contributed by atoms with van der Waals surface area (Å²) in [6.07, 6.45) is 0. The lowest BCUT2D eigenvalue weighted by Crippen LogP contribution is -2.22. The van der Waals surface area contributed by atoms with Crippen molar-refractivity contribution in [2.75, 3.05) is 26.5 Å². The average Bonchev–Trinajstić information content (AvgIpc) is 2.54. The van der Waals surface area contributed by atoms with Crippen LogP contribution >= 0.6 is 15.9 Å². The van der Waals surface area contributed by atoms with Gasteiger partial charge in [-0.3, -0.25) is 4.79 Å². The Morgan fingerprint density at radius 1 is 1.17 bits per heavy atom. The maximum absolute atomic E-state index is 12.3. The summed E-state index contributed by atoms with van der Waals surface area (Å²) in [7, 11) is 0.888. The molecule has 0 unspecified atom stereocenters. The molecule has 0 aromatic heterocycles. The van der Waals surface area contributed by atoms with Crippen LogP contribution in [0.15, 0.2) is 51.8 Å². The number of ether oxygens (including phenoxy) is 1. The van der Waals surface area contributed by atoms with Gasteiger partial charge in [0.05, 0.1) is 16.5 Å². The van der Waals surface area contributed by atoms with E-state index in [1.807, 2.05) is 0 Å². The summed E-state index contributed by atoms with van der Waals surface area (Å²) in [6, 6.07) is 11.0. The molecule has 1 N–H and O–H groups in total. The number of carbonyl (C=O) groups excluding carboxylic acids is 1. The topological polar surface area (TPSA) is 75.7 Å². The molecule has 0 heterocycles. The van der Waals surface area contributed by atoms with Crippen LogP contribution in [0, 0.1) is 0 Å². The molecule has 2 aromatic carbocycles. The van der Waals surface area contributed by atoms with Gasteiger partial charge in [0.1, 0.15) is 5.75 Å². The molecule has 0 atom stereocenters. The number of sulfonamides is 1. The van der Waals surface area contributed by atoms with E-state index >= 15 is 0 Å². The maximum Gasteiger partial charge on any atom is 0.255 e. The highest BCUT2D eigenvalue weighted by atomic mass is 79.9. The molecule has 0 saturated carbocycles. The van der Waals surface area contributed by atoms with Crippen LogP contribution in [0.2, 0.25) is 0 Å². The molecule has 6 nitrogen and oxygen atoms in total. The standard InChI is InChI=1S/C16H17BrN2O4S/c1-19(2)24(21,22)13-6-4-5-12(10-13)18-16(20)11-7-8-15(23-3)14(17)9-11/h4-10H,1-3H3,(H,18,20). The van der Waals surface area contributed by atoms with Crippen LogP contribution in [-0.2, 0) is 10.0 Å². The highest BCUT2D eigenvalue weighted by Gasteiger charge is 2.18. The summed E-state index contributed by atoms with van der Waals surface area (Å²) in [5.74, 6) is 0.267. The van der Waals surface area contributed by atoms with Crippen molar-refractivity contribution in [3.8, 4) is 5.75 Å². The number of methoxy groups -OCH3 is 1. The minimum absolute atomic E-state index is 0.112. The van der Waals surface area contributed by atoms with Crippen molar-refractivity contribution in [3.05, 3.63) is 52.5 Å². The van der Waals surface area contributed by atoms with E-state index in [0.29, 0.717) is 21.5 Å². The Labute approximate surface area is 149 Å². The monoisotopic (exact) mass is 412 g/mol. The number of amides is 1. The van der Waals surface area contributed by atoms with Gasteiger partial charge >= 0.3 is 0 Å². The maximum atomic E-state index is 12.3.